The van der Waals surface area contributed by atoms with Gasteiger partial charge in [0.1, 0.15) is 35.3 Å². The van der Waals surface area contributed by atoms with Crippen LogP contribution in [0.3, 0.4) is 0 Å². The number of amides is 2. The molecule has 12 nitrogen and oxygen atoms in total. The molecule has 12 heteroatoms. The van der Waals surface area contributed by atoms with Crippen LogP contribution >= 0.6 is 0 Å². The molecule has 3 heterocycles. The third-order valence-corrected chi connectivity index (χ3v) is 6.79. The number of pyridine rings is 1. The van der Waals surface area contributed by atoms with Crippen molar-refractivity contribution in [2.24, 2.45) is 5.41 Å². The van der Waals surface area contributed by atoms with Crippen molar-refractivity contribution in [2.45, 2.75) is 71.8 Å². The van der Waals surface area contributed by atoms with Crippen LogP contribution in [-0.4, -0.2) is 82.2 Å². The summed E-state index contributed by atoms with van der Waals surface area (Å²) < 4.78 is 23.9. The van der Waals surface area contributed by atoms with Gasteiger partial charge in [-0.3, -0.25) is 4.79 Å². The normalized spacial score (nSPS) is 18.0. The number of hydrogen-bond acceptors (Lipinski definition) is 9. The molecule has 42 heavy (non-hydrogen) atoms. The van der Waals surface area contributed by atoms with Gasteiger partial charge in [0.2, 0.25) is 5.91 Å². The fraction of sp³-hybridized carbons (Fsp3) is 0.500. The minimum absolute atomic E-state index is 0.0955. The number of esters is 1. The summed E-state index contributed by atoms with van der Waals surface area (Å²) in [6, 6.07) is 7.13. The molecule has 1 saturated heterocycles. The van der Waals surface area contributed by atoms with Gasteiger partial charge in [-0.05, 0) is 44.4 Å². The molecular formula is C30H39N5O7. The molecule has 3 aromatic rings. The van der Waals surface area contributed by atoms with E-state index < -0.39 is 47.2 Å². The second-order valence-corrected chi connectivity index (χ2v) is 12.3. The van der Waals surface area contributed by atoms with Crippen LogP contribution in [0.2, 0.25) is 0 Å². The highest BCUT2D eigenvalue weighted by atomic mass is 16.6. The molecule has 0 spiro atoms. The Bertz CT molecular complexity index is 1440. The number of carbonyl (C=O) groups excluding carboxylic acids is 3. The second-order valence-electron chi connectivity index (χ2n) is 12.3. The van der Waals surface area contributed by atoms with Crippen molar-refractivity contribution in [1.29, 1.82) is 0 Å². The van der Waals surface area contributed by atoms with Gasteiger partial charge in [0, 0.05) is 36.3 Å². The van der Waals surface area contributed by atoms with Crippen molar-refractivity contribution in [3.63, 3.8) is 0 Å². The monoisotopic (exact) mass is 581 g/mol. The minimum atomic E-state index is -0.973. The van der Waals surface area contributed by atoms with E-state index in [0.29, 0.717) is 22.8 Å². The van der Waals surface area contributed by atoms with Crippen molar-refractivity contribution < 1.29 is 33.3 Å². The number of carbonyl (C=O) groups is 3. The first-order valence-corrected chi connectivity index (χ1v) is 13.7. The lowest BCUT2D eigenvalue weighted by molar-refractivity contribution is -0.152. The predicted octanol–water partition coefficient (Wildman–Crippen LogP) is 3.89. The van der Waals surface area contributed by atoms with Gasteiger partial charge in [-0.15, -0.1) is 0 Å². The van der Waals surface area contributed by atoms with Crippen LogP contribution in [0.1, 0.15) is 48.0 Å². The van der Waals surface area contributed by atoms with E-state index in [4.69, 9.17) is 23.9 Å². The number of aromatic nitrogens is 3. The summed E-state index contributed by atoms with van der Waals surface area (Å²) in [7, 11) is 2.86. The molecule has 3 atom stereocenters. The lowest BCUT2D eigenvalue weighted by Gasteiger charge is -2.35. The first kappa shape index (κ1) is 30.6. The average Bonchev–Trinajstić information content (AvgIpc) is 3.59. The van der Waals surface area contributed by atoms with Gasteiger partial charge in [-0.25, -0.2) is 19.3 Å². The SMILES string of the molecule is COC(=O)[C@@H]1C[C@@H](Oc2cc(-n3cccn3)nc3cc(OC)ccc23)CN1C(=O)[C@@H](NC(=O)OC(C)(C)C)C(C)(C)C. The van der Waals surface area contributed by atoms with E-state index in [9.17, 15) is 14.4 Å². The lowest BCUT2D eigenvalue weighted by Crippen LogP contribution is -2.57. The largest absolute Gasteiger partial charge is 0.497 e. The summed E-state index contributed by atoms with van der Waals surface area (Å²) in [5, 5.41) is 7.73. The highest BCUT2D eigenvalue weighted by Gasteiger charge is 2.46. The Morgan fingerprint density at radius 1 is 1.07 bits per heavy atom. The quantitative estimate of drug-likeness (QED) is 0.413. The summed E-state index contributed by atoms with van der Waals surface area (Å²) in [6.45, 7) is 10.8. The first-order chi connectivity index (χ1) is 19.7. The molecule has 4 rings (SSSR count). The molecular weight excluding hydrogens is 542 g/mol. The van der Waals surface area contributed by atoms with E-state index in [1.54, 1.807) is 63.2 Å². The summed E-state index contributed by atoms with van der Waals surface area (Å²) >= 11 is 0. The summed E-state index contributed by atoms with van der Waals surface area (Å²) in [6.07, 6.45) is 2.33. The minimum Gasteiger partial charge on any atom is -0.497 e. The number of fused-ring (bicyclic) bond motifs is 1. The third-order valence-electron chi connectivity index (χ3n) is 6.79. The van der Waals surface area contributed by atoms with Crippen molar-refractivity contribution >= 4 is 28.9 Å². The predicted molar refractivity (Wildman–Crippen MR) is 155 cm³/mol. The molecule has 1 aliphatic rings. The highest BCUT2D eigenvalue weighted by Crippen LogP contribution is 2.34. The Kier molecular flexibility index (Phi) is 8.65. The summed E-state index contributed by atoms with van der Waals surface area (Å²) in [5.74, 6) is 0.667. The van der Waals surface area contributed by atoms with Gasteiger partial charge >= 0.3 is 12.1 Å². The number of methoxy groups -OCH3 is 2. The van der Waals surface area contributed by atoms with E-state index in [2.05, 4.69) is 10.4 Å². The molecule has 0 unspecified atom stereocenters. The van der Waals surface area contributed by atoms with Crippen LogP contribution < -0.4 is 14.8 Å². The van der Waals surface area contributed by atoms with E-state index in [1.165, 1.54) is 12.0 Å². The maximum atomic E-state index is 14.0. The van der Waals surface area contributed by atoms with Crippen molar-refractivity contribution in [3.8, 4) is 17.3 Å². The molecule has 1 N–H and O–H groups in total. The molecule has 0 saturated carbocycles. The van der Waals surface area contributed by atoms with Crippen LogP contribution in [0.5, 0.6) is 11.5 Å². The maximum Gasteiger partial charge on any atom is 0.408 e. The van der Waals surface area contributed by atoms with E-state index in [1.807, 2.05) is 32.9 Å². The Balaban J connectivity index is 1.65. The molecule has 2 amide bonds. The number of nitrogens with zero attached hydrogens (tertiary/aromatic N) is 4. The molecule has 1 fully saturated rings. The van der Waals surface area contributed by atoms with Gasteiger partial charge in [0.25, 0.3) is 0 Å². The van der Waals surface area contributed by atoms with Gasteiger partial charge in [0.05, 0.1) is 26.3 Å². The highest BCUT2D eigenvalue weighted by molar-refractivity contribution is 5.91. The molecule has 1 aromatic carbocycles. The number of likely N-dealkylation sites (tertiary alicyclic amines) is 1. The molecule has 0 aliphatic carbocycles. The Labute approximate surface area is 245 Å². The zero-order valence-corrected chi connectivity index (χ0v) is 25.3. The van der Waals surface area contributed by atoms with Crippen LogP contribution in [-0.2, 0) is 19.1 Å². The molecule has 2 aromatic heterocycles. The summed E-state index contributed by atoms with van der Waals surface area (Å²) in [5.41, 5.74) is -0.808. The number of ether oxygens (including phenoxy) is 4. The number of alkyl carbamates (subject to hydrolysis) is 1. The third kappa shape index (κ3) is 6.92. The van der Waals surface area contributed by atoms with Crippen molar-refractivity contribution in [1.82, 2.24) is 25.0 Å². The number of nitrogens with one attached hydrogen (secondary N) is 1. The molecule has 1 aliphatic heterocycles. The van der Waals surface area contributed by atoms with Crippen LogP contribution in [0, 0.1) is 5.41 Å². The van der Waals surface area contributed by atoms with Crippen LogP contribution in [0.25, 0.3) is 16.7 Å². The zero-order chi connectivity index (χ0) is 30.8. The molecule has 0 radical (unpaired) electrons. The fourth-order valence-corrected chi connectivity index (χ4v) is 4.81. The van der Waals surface area contributed by atoms with E-state index in [0.717, 1.165) is 5.39 Å². The van der Waals surface area contributed by atoms with Gasteiger partial charge in [-0.2, -0.15) is 5.10 Å². The topological polar surface area (TPSA) is 134 Å². The van der Waals surface area contributed by atoms with E-state index >= 15 is 0 Å². The first-order valence-electron chi connectivity index (χ1n) is 13.7. The molecule has 0 bridgehead atoms. The van der Waals surface area contributed by atoms with Crippen molar-refractivity contribution in [2.75, 3.05) is 20.8 Å². The van der Waals surface area contributed by atoms with Crippen LogP contribution in [0.4, 0.5) is 4.79 Å². The van der Waals surface area contributed by atoms with Crippen molar-refractivity contribution in [3.05, 3.63) is 42.7 Å². The summed E-state index contributed by atoms with van der Waals surface area (Å²) in [4.78, 5) is 45.7. The Morgan fingerprint density at radius 2 is 1.81 bits per heavy atom. The van der Waals surface area contributed by atoms with Gasteiger partial charge in [0.15, 0.2) is 5.82 Å². The maximum absolute atomic E-state index is 14.0. The average molecular weight is 582 g/mol. The lowest BCUT2D eigenvalue weighted by atomic mass is 9.85. The van der Waals surface area contributed by atoms with E-state index in [-0.39, 0.29) is 13.0 Å². The number of hydrogen-bond donors (Lipinski definition) is 1. The standard InChI is InChI=1S/C30H39N5O7/c1-29(2,3)25(33-28(38)42-30(4,5)6)26(36)34-17-19(15-22(34)27(37)40-8)41-23-16-24(35-13-9-12-31-35)32-21-14-18(39-7)10-11-20(21)23/h9-14,16,19,22,25H,15,17H2,1-8H3,(H,33,38)/t19-,22+,25-/m1/s1. The number of rotatable bonds is 7. The van der Waals surface area contributed by atoms with Gasteiger partial charge in [-0.1, -0.05) is 20.8 Å². The second kappa shape index (κ2) is 11.9. The smallest absolute Gasteiger partial charge is 0.408 e. The van der Waals surface area contributed by atoms with Gasteiger partial charge < -0.3 is 29.2 Å². The number of benzene rings is 1. The fourth-order valence-electron chi connectivity index (χ4n) is 4.81. The zero-order valence-electron chi connectivity index (χ0n) is 25.3. The van der Waals surface area contributed by atoms with Crippen LogP contribution in [0.15, 0.2) is 42.7 Å². The molecule has 226 valence electrons. The Hall–Kier alpha value is -4.35. The Morgan fingerprint density at radius 3 is 2.40 bits per heavy atom.